The molecule has 1 fully saturated rings. The number of aryl methyl sites for hydroxylation is 1. The molecule has 0 bridgehead atoms. The predicted molar refractivity (Wildman–Crippen MR) is 78.5 cm³/mol. The standard InChI is InChI=1S/C15H21ClN2O/c1-10-6-7-12(13(16)8-10)15(19)18-14(9-17)11-4-2-3-5-11/h6-8,11,14H,2-5,9,17H2,1H3,(H,18,19). The highest BCUT2D eigenvalue weighted by Gasteiger charge is 2.26. The van der Waals surface area contributed by atoms with Crippen molar-refractivity contribution in [2.45, 2.75) is 38.6 Å². The zero-order valence-electron chi connectivity index (χ0n) is 11.3. The number of hydrogen-bond acceptors (Lipinski definition) is 2. The summed E-state index contributed by atoms with van der Waals surface area (Å²) in [7, 11) is 0. The van der Waals surface area contributed by atoms with Crippen LogP contribution in [0.3, 0.4) is 0 Å². The molecule has 1 amide bonds. The Kier molecular flexibility index (Phi) is 4.83. The Morgan fingerprint density at radius 3 is 2.74 bits per heavy atom. The Bertz CT molecular complexity index is 455. The molecule has 4 heteroatoms. The van der Waals surface area contributed by atoms with Crippen LogP contribution in [0.2, 0.25) is 5.02 Å². The number of amides is 1. The van der Waals surface area contributed by atoms with Crippen LogP contribution >= 0.6 is 11.6 Å². The summed E-state index contributed by atoms with van der Waals surface area (Å²) in [6, 6.07) is 5.54. The topological polar surface area (TPSA) is 55.1 Å². The van der Waals surface area contributed by atoms with Crippen LogP contribution in [0.15, 0.2) is 18.2 Å². The van der Waals surface area contributed by atoms with Crippen LogP contribution in [0.25, 0.3) is 0 Å². The molecule has 1 unspecified atom stereocenters. The SMILES string of the molecule is Cc1ccc(C(=O)NC(CN)C2CCCC2)c(Cl)c1. The van der Waals surface area contributed by atoms with Gasteiger partial charge in [0.15, 0.2) is 0 Å². The van der Waals surface area contributed by atoms with Gasteiger partial charge in [0.1, 0.15) is 0 Å². The van der Waals surface area contributed by atoms with Crippen LogP contribution in [0.4, 0.5) is 0 Å². The summed E-state index contributed by atoms with van der Waals surface area (Å²) in [5.41, 5.74) is 7.37. The summed E-state index contributed by atoms with van der Waals surface area (Å²) in [5.74, 6) is 0.394. The van der Waals surface area contributed by atoms with E-state index in [1.54, 1.807) is 6.07 Å². The van der Waals surface area contributed by atoms with Crippen LogP contribution in [0.1, 0.15) is 41.6 Å². The molecular weight excluding hydrogens is 260 g/mol. The minimum atomic E-state index is -0.118. The largest absolute Gasteiger partial charge is 0.348 e. The molecule has 1 aliphatic rings. The van der Waals surface area contributed by atoms with Gasteiger partial charge in [0, 0.05) is 12.6 Å². The lowest BCUT2D eigenvalue weighted by Gasteiger charge is -2.23. The van der Waals surface area contributed by atoms with E-state index in [2.05, 4.69) is 5.32 Å². The van der Waals surface area contributed by atoms with E-state index in [4.69, 9.17) is 17.3 Å². The first kappa shape index (κ1) is 14.4. The average molecular weight is 281 g/mol. The van der Waals surface area contributed by atoms with E-state index in [-0.39, 0.29) is 11.9 Å². The summed E-state index contributed by atoms with van der Waals surface area (Å²) in [4.78, 5) is 12.3. The highest BCUT2D eigenvalue weighted by molar-refractivity contribution is 6.33. The van der Waals surface area contributed by atoms with Crippen molar-refractivity contribution in [3.8, 4) is 0 Å². The molecule has 0 aromatic heterocycles. The van der Waals surface area contributed by atoms with Crippen molar-refractivity contribution in [2.24, 2.45) is 11.7 Å². The molecule has 1 aromatic rings. The summed E-state index contributed by atoms with van der Waals surface area (Å²) < 4.78 is 0. The van der Waals surface area contributed by atoms with Crippen molar-refractivity contribution in [3.63, 3.8) is 0 Å². The van der Waals surface area contributed by atoms with Crippen molar-refractivity contribution in [3.05, 3.63) is 34.3 Å². The highest BCUT2D eigenvalue weighted by Crippen LogP contribution is 2.27. The fourth-order valence-electron chi connectivity index (χ4n) is 2.78. The van der Waals surface area contributed by atoms with Gasteiger partial charge < -0.3 is 11.1 Å². The molecular formula is C15H21ClN2O. The minimum Gasteiger partial charge on any atom is -0.348 e. The van der Waals surface area contributed by atoms with Crippen LogP contribution < -0.4 is 11.1 Å². The van der Waals surface area contributed by atoms with E-state index >= 15 is 0 Å². The van der Waals surface area contributed by atoms with E-state index in [0.29, 0.717) is 23.0 Å². The number of benzene rings is 1. The second-order valence-electron chi connectivity index (χ2n) is 5.34. The number of carbonyl (C=O) groups excluding carboxylic acids is 1. The molecule has 3 nitrogen and oxygen atoms in total. The van der Waals surface area contributed by atoms with Crippen LogP contribution in [0, 0.1) is 12.8 Å². The van der Waals surface area contributed by atoms with E-state index in [0.717, 1.165) is 18.4 Å². The molecule has 0 spiro atoms. The number of hydrogen-bond donors (Lipinski definition) is 2. The molecule has 1 aromatic carbocycles. The fraction of sp³-hybridized carbons (Fsp3) is 0.533. The van der Waals surface area contributed by atoms with Crippen LogP contribution in [0.5, 0.6) is 0 Å². The third-order valence-electron chi connectivity index (χ3n) is 3.91. The lowest BCUT2D eigenvalue weighted by Crippen LogP contribution is -2.44. The second-order valence-corrected chi connectivity index (χ2v) is 5.75. The molecule has 3 N–H and O–H groups in total. The number of rotatable bonds is 4. The first-order valence-electron chi connectivity index (χ1n) is 6.89. The van der Waals surface area contributed by atoms with E-state index in [9.17, 15) is 4.79 Å². The molecule has 1 aliphatic carbocycles. The highest BCUT2D eigenvalue weighted by atomic mass is 35.5. The van der Waals surface area contributed by atoms with E-state index in [1.165, 1.54) is 12.8 Å². The van der Waals surface area contributed by atoms with Gasteiger partial charge in [-0.3, -0.25) is 4.79 Å². The third-order valence-corrected chi connectivity index (χ3v) is 4.22. The van der Waals surface area contributed by atoms with Crippen molar-refractivity contribution in [1.29, 1.82) is 0 Å². The summed E-state index contributed by atoms with van der Waals surface area (Å²) in [6.07, 6.45) is 4.79. The number of carbonyl (C=O) groups is 1. The normalized spacial score (nSPS) is 17.4. The van der Waals surface area contributed by atoms with Gasteiger partial charge in [0.2, 0.25) is 0 Å². The number of nitrogens with one attached hydrogen (secondary N) is 1. The van der Waals surface area contributed by atoms with E-state index in [1.807, 2.05) is 19.1 Å². The van der Waals surface area contributed by atoms with Gasteiger partial charge in [-0.1, -0.05) is 30.5 Å². The van der Waals surface area contributed by atoms with Gasteiger partial charge in [0.25, 0.3) is 5.91 Å². The van der Waals surface area contributed by atoms with Crippen molar-refractivity contribution < 1.29 is 4.79 Å². The molecule has 19 heavy (non-hydrogen) atoms. The quantitative estimate of drug-likeness (QED) is 0.891. The molecule has 0 heterocycles. The van der Waals surface area contributed by atoms with Gasteiger partial charge >= 0.3 is 0 Å². The maximum atomic E-state index is 12.3. The van der Waals surface area contributed by atoms with Crippen LogP contribution in [-0.4, -0.2) is 18.5 Å². The third kappa shape index (κ3) is 3.48. The van der Waals surface area contributed by atoms with Gasteiger partial charge in [-0.15, -0.1) is 0 Å². The molecule has 1 saturated carbocycles. The Hall–Kier alpha value is -1.06. The lowest BCUT2D eigenvalue weighted by atomic mass is 9.97. The summed E-state index contributed by atoms with van der Waals surface area (Å²) in [6.45, 7) is 2.44. The lowest BCUT2D eigenvalue weighted by molar-refractivity contribution is 0.0924. The molecule has 0 saturated heterocycles. The average Bonchev–Trinajstić information content (AvgIpc) is 2.89. The molecule has 2 rings (SSSR count). The van der Waals surface area contributed by atoms with Gasteiger partial charge in [-0.05, 0) is 43.4 Å². The van der Waals surface area contributed by atoms with Gasteiger partial charge in [0.05, 0.1) is 10.6 Å². The summed E-state index contributed by atoms with van der Waals surface area (Å²) >= 11 is 6.12. The number of nitrogens with two attached hydrogens (primary N) is 1. The van der Waals surface area contributed by atoms with Crippen LogP contribution in [-0.2, 0) is 0 Å². The molecule has 104 valence electrons. The predicted octanol–water partition coefficient (Wildman–Crippen LogP) is 2.90. The molecule has 0 aliphatic heterocycles. The summed E-state index contributed by atoms with van der Waals surface area (Å²) in [5, 5.41) is 3.54. The van der Waals surface area contributed by atoms with Crippen molar-refractivity contribution in [2.75, 3.05) is 6.54 Å². The van der Waals surface area contributed by atoms with Crippen molar-refractivity contribution in [1.82, 2.24) is 5.32 Å². The zero-order valence-corrected chi connectivity index (χ0v) is 12.0. The Morgan fingerprint density at radius 2 is 2.16 bits per heavy atom. The first-order chi connectivity index (χ1) is 9.11. The van der Waals surface area contributed by atoms with Gasteiger partial charge in [-0.25, -0.2) is 0 Å². The van der Waals surface area contributed by atoms with Crippen molar-refractivity contribution >= 4 is 17.5 Å². The van der Waals surface area contributed by atoms with E-state index < -0.39 is 0 Å². The zero-order chi connectivity index (χ0) is 13.8. The fourth-order valence-corrected chi connectivity index (χ4v) is 3.10. The van der Waals surface area contributed by atoms with Gasteiger partial charge in [-0.2, -0.15) is 0 Å². The first-order valence-corrected chi connectivity index (χ1v) is 7.26. The molecule has 0 radical (unpaired) electrons. The molecule has 1 atom stereocenters. The Morgan fingerprint density at radius 1 is 1.47 bits per heavy atom. The maximum Gasteiger partial charge on any atom is 0.253 e. The minimum absolute atomic E-state index is 0.0624. The monoisotopic (exact) mass is 280 g/mol. The number of halogens is 1. The second kappa shape index (κ2) is 6.40. The Labute approximate surface area is 119 Å². The Balaban J connectivity index is 2.06. The maximum absolute atomic E-state index is 12.3. The smallest absolute Gasteiger partial charge is 0.253 e.